The number of hydrogen-bond donors (Lipinski definition) is 1. The second-order valence-corrected chi connectivity index (χ2v) is 8.88. The summed E-state index contributed by atoms with van der Waals surface area (Å²) in [7, 11) is 3.18. The molecule has 1 atom stereocenters. The number of aromatic amines is 1. The molecule has 5 rings (SSSR count). The van der Waals surface area contributed by atoms with Crippen LogP contribution in [0.2, 0.25) is 0 Å². The number of nitrogens with one attached hydrogen (secondary N) is 1. The number of benzene rings is 2. The molecule has 2 aromatic carbocycles. The van der Waals surface area contributed by atoms with Gasteiger partial charge < -0.3 is 19.4 Å². The lowest BCUT2D eigenvalue weighted by Gasteiger charge is -2.42. The Hall–Kier alpha value is -3.48. The summed E-state index contributed by atoms with van der Waals surface area (Å²) >= 11 is 0. The third-order valence-corrected chi connectivity index (χ3v) is 6.80. The number of imide groups is 1. The van der Waals surface area contributed by atoms with Crippen molar-refractivity contribution in [3.63, 3.8) is 0 Å². The van der Waals surface area contributed by atoms with Crippen molar-refractivity contribution < 1.29 is 19.1 Å². The summed E-state index contributed by atoms with van der Waals surface area (Å²) < 4.78 is 10.7. The van der Waals surface area contributed by atoms with Crippen molar-refractivity contribution in [3.8, 4) is 11.5 Å². The molecule has 0 aliphatic carbocycles. The Kier molecular flexibility index (Phi) is 4.65. The molecule has 0 saturated carbocycles. The minimum atomic E-state index is -0.609. The molecule has 2 aliphatic rings. The molecule has 1 saturated heterocycles. The number of fused-ring (bicyclic) bond motifs is 4. The topological polar surface area (TPSA) is 74.9 Å². The van der Waals surface area contributed by atoms with Crippen LogP contribution in [-0.4, -0.2) is 53.5 Å². The summed E-state index contributed by atoms with van der Waals surface area (Å²) in [5, 5.41) is 1.12. The van der Waals surface area contributed by atoms with Crippen molar-refractivity contribution in [3.05, 3.63) is 59.3 Å². The quantitative estimate of drug-likeness (QED) is 0.620. The lowest BCUT2D eigenvalue weighted by Crippen LogP contribution is -2.52. The average molecular weight is 434 g/mol. The van der Waals surface area contributed by atoms with Gasteiger partial charge in [-0.25, -0.2) is 4.79 Å². The van der Waals surface area contributed by atoms with Gasteiger partial charge in [0.1, 0.15) is 6.04 Å². The van der Waals surface area contributed by atoms with E-state index in [1.807, 2.05) is 50.2 Å². The number of carbonyl (C=O) groups is 2. The minimum Gasteiger partial charge on any atom is -0.493 e. The highest BCUT2D eigenvalue weighted by Gasteiger charge is 2.55. The number of rotatable bonds is 5. The smallest absolute Gasteiger partial charge is 0.328 e. The van der Waals surface area contributed by atoms with Crippen LogP contribution in [0, 0.1) is 0 Å². The molecule has 0 radical (unpaired) electrons. The number of aromatic nitrogens is 1. The number of ether oxygens (including phenoxy) is 2. The van der Waals surface area contributed by atoms with Crippen LogP contribution >= 0.6 is 0 Å². The molecule has 2 aliphatic heterocycles. The second kappa shape index (κ2) is 7.29. The summed E-state index contributed by atoms with van der Waals surface area (Å²) in [5.41, 5.74) is 3.55. The molecule has 32 heavy (non-hydrogen) atoms. The molecule has 0 unspecified atom stereocenters. The van der Waals surface area contributed by atoms with Gasteiger partial charge in [0.15, 0.2) is 11.5 Å². The highest BCUT2D eigenvalue weighted by Crippen LogP contribution is 2.44. The van der Waals surface area contributed by atoms with Crippen molar-refractivity contribution in [2.45, 2.75) is 38.3 Å². The van der Waals surface area contributed by atoms with E-state index in [0.717, 1.165) is 27.7 Å². The molecular weight excluding hydrogens is 406 g/mol. The maximum atomic E-state index is 13.4. The lowest BCUT2D eigenvalue weighted by atomic mass is 9.85. The van der Waals surface area contributed by atoms with Crippen LogP contribution in [0.3, 0.4) is 0 Å². The molecular formula is C25H27N3O4. The number of H-pyrrole nitrogens is 1. The first-order valence-corrected chi connectivity index (χ1v) is 10.8. The summed E-state index contributed by atoms with van der Waals surface area (Å²) in [6, 6.07) is 13.1. The highest BCUT2D eigenvalue weighted by molar-refractivity contribution is 6.05. The first-order valence-electron chi connectivity index (χ1n) is 10.8. The Labute approximate surface area is 186 Å². The van der Waals surface area contributed by atoms with Gasteiger partial charge in [0.2, 0.25) is 0 Å². The molecule has 7 heteroatoms. The number of amides is 3. The molecule has 3 aromatic rings. The molecule has 7 nitrogen and oxygen atoms in total. The summed E-state index contributed by atoms with van der Waals surface area (Å²) in [4.78, 5) is 33.4. The monoisotopic (exact) mass is 433 g/mol. The van der Waals surface area contributed by atoms with Crippen molar-refractivity contribution in [2.24, 2.45) is 0 Å². The molecule has 166 valence electrons. The van der Waals surface area contributed by atoms with Gasteiger partial charge in [-0.05, 0) is 49.6 Å². The first-order chi connectivity index (χ1) is 15.4. The lowest BCUT2D eigenvalue weighted by molar-refractivity contribution is -0.129. The third kappa shape index (κ3) is 2.87. The van der Waals surface area contributed by atoms with E-state index in [9.17, 15) is 9.59 Å². The minimum absolute atomic E-state index is 0.125. The fraction of sp³-hybridized carbons (Fsp3) is 0.360. The third-order valence-electron chi connectivity index (χ3n) is 6.80. The highest BCUT2D eigenvalue weighted by atomic mass is 16.5. The fourth-order valence-electron chi connectivity index (χ4n) is 5.19. The number of carbonyl (C=O) groups excluding carboxylic acids is 2. The van der Waals surface area contributed by atoms with Crippen LogP contribution < -0.4 is 9.47 Å². The van der Waals surface area contributed by atoms with Crippen LogP contribution in [0.15, 0.2) is 42.5 Å². The van der Waals surface area contributed by atoms with E-state index in [-0.39, 0.29) is 11.9 Å². The molecule has 1 fully saturated rings. The van der Waals surface area contributed by atoms with E-state index in [1.54, 1.807) is 19.1 Å². The second-order valence-electron chi connectivity index (χ2n) is 8.88. The van der Waals surface area contributed by atoms with Crippen molar-refractivity contribution in [1.82, 2.24) is 14.8 Å². The Morgan fingerprint density at radius 3 is 2.56 bits per heavy atom. The fourth-order valence-corrected chi connectivity index (χ4v) is 5.19. The van der Waals surface area contributed by atoms with Crippen LogP contribution in [0.25, 0.3) is 10.9 Å². The molecule has 3 heterocycles. The number of nitrogens with zero attached hydrogens (tertiary/aromatic N) is 2. The van der Waals surface area contributed by atoms with Gasteiger partial charge >= 0.3 is 6.03 Å². The summed E-state index contributed by atoms with van der Waals surface area (Å²) in [6.45, 7) is 4.34. The van der Waals surface area contributed by atoms with E-state index >= 15 is 0 Å². The molecule has 0 bridgehead atoms. The van der Waals surface area contributed by atoms with Gasteiger partial charge in [0.25, 0.3) is 5.91 Å². The predicted octanol–water partition coefficient (Wildman–Crippen LogP) is 3.85. The van der Waals surface area contributed by atoms with Crippen molar-refractivity contribution in [1.29, 1.82) is 0 Å². The van der Waals surface area contributed by atoms with Gasteiger partial charge in [0.05, 0.1) is 19.8 Å². The zero-order valence-corrected chi connectivity index (χ0v) is 18.8. The first kappa shape index (κ1) is 20.4. The number of para-hydroxylation sites is 1. The van der Waals surface area contributed by atoms with E-state index in [1.165, 1.54) is 4.90 Å². The van der Waals surface area contributed by atoms with Crippen LogP contribution in [0.4, 0.5) is 4.79 Å². The normalized spacial score (nSPS) is 19.3. The van der Waals surface area contributed by atoms with E-state index in [0.29, 0.717) is 30.9 Å². The zero-order valence-electron chi connectivity index (χ0n) is 18.8. The van der Waals surface area contributed by atoms with Crippen molar-refractivity contribution in [2.75, 3.05) is 20.8 Å². The molecule has 0 spiro atoms. The Morgan fingerprint density at radius 2 is 1.81 bits per heavy atom. The summed E-state index contributed by atoms with van der Waals surface area (Å²) in [6.07, 6.45) is 1.08. The van der Waals surface area contributed by atoms with Crippen LogP contribution in [-0.2, 0) is 23.2 Å². The Balaban J connectivity index is 1.42. The summed E-state index contributed by atoms with van der Waals surface area (Å²) in [5.74, 6) is 1.16. The van der Waals surface area contributed by atoms with Crippen LogP contribution in [0.5, 0.6) is 11.5 Å². The number of hydrogen-bond acceptors (Lipinski definition) is 4. The maximum absolute atomic E-state index is 13.4. The van der Waals surface area contributed by atoms with Crippen LogP contribution in [0.1, 0.15) is 30.7 Å². The molecule has 1 N–H and O–H groups in total. The van der Waals surface area contributed by atoms with Gasteiger partial charge in [-0.2, -0.15) is 0 Å². The van der Waals surface area contributed by atoms with Gasteiger partial charge in [-0.3, -0.25) is 9.69 Å². The van der Waals surface area contributed by atoms with Gasteiger partial charge in [-0.15, -0.1) is 0 Å². The van der Waals surface area contributed by atoms with Crippen molar-refractivity contribution >= 4 is 22.8 Å². The largest absolute Gasteiger partial charge is 0.493 e. The maximum Gasteiger partial charge on any atom is 0.328 e. The van der Waals surface area contributed by atoms with E-state index < -0.39 is 11.6 Å². The molecule has 3 amide bonds. The zero-order chi connectivity index (χ0) is 22.6. The number of methoxy groups -OCH3 is 2. The molecule has 1 aromatic heterocycles. The predicted molar refractivity (Wildman–Crippen MR) is 121 cm³/mol. The Morgan fingerprint density at radius 1 is 1.06 bits per heavy atom. The average Bonchev–Trinajstić information content (AvgIpc) is 3.29. The van der Waals surface area contributed by atoms with E-state index in [2.05, 4.69) is 11.1 Å². The SMILES string of the molecule is COc1ccc(CCN2C(=O)[C@@H]3Cc4c([nH]c5ccccc45)C(C)(C)N3C2=O)cc1OC. The van der Waals surface area contributed by atoms with Gasteiger partial charge in [0, 0.05) is 29.6 Å². The van der Waals surface area contributed by atoms with E-state index in [4.69, 9.17) is 9.47 Å². The Bertz CT molecular complexity index is 1230. The standard InChI is InChI=1S/C25H27N3O4/c1-25(2)22-17(16-7-5-6-8-18(16)26-22)14-19-23(29)27(24(30)28(19)25)12-11-15-9-10-20(31-3)21(13-15)32-4/h5-10,13,19,26H,11-12,14H2,1-4H3/t19-/m0/s1. The number of urea groups is 1. The van der Waals surface area contributed by atoms with Gasteiger partial charge in [-0.1, -0.05) is 24.3 Å².